The molecule has 32 heavy (non-hydrogen) atoms. The van der Waals surface area contributed by atoms with Crippen molar-refractivity contribution in [3.8, 4) is 5.75 Å². The van der Waals surface area contributed by atoms with E-state index < -0.39 is 11.9 Å². The second kappa shape index (κ2) is 19.9. The van der Waals surface area contributed by atoms with Gasteiger partial charge in [0.25, 0.3) is 0 Å². The first kappa shape index (κ1) is 30.2. The number of carboxylic acids is 2. The monoisotopic (exact) mass is 470 g/mol. The number of aromatic carboxylic acids is 2. The third-order valence-electron chi connectivity index (χ3n) is 5.67. The molecule has 5 nitrogen and oxygen atoms in total. The Hall–Kier alpha value is -1.75. The molecule has 0 aliphatic rings. The smallest absolute Gasteiger partial charge is 0.335 e. The molecule has 0 amide bonds. The van der Waals surface area contributed by atoms with Crippen LogP contribution in [-0.4, -0.2) is 28.8 Å². The van der Waals surface area contributed by atoms with Crippen molar-refractivity contribution in [1.82, 2.24) is 0 Å². The lowest BCUT2D eigenvalue weighted by Gasteiger charge is -2.08. The van der Waals surface area contributed by atoms with Crippen molar-refractivity contribution in [3.63, 3.8) is 0 Å². The fraction of sp³-hybridized carbons (Fsp3) is 0.692. The summed E-state index contributed by atoms with van der Waals surface area (Å²) in [5.41, 5.74) is -0.135. The molecule has 1 aromatic rings. The van der Waals surface area contributed by atoms with Gasteiger partial charge in [0.05, 0.1) is 17.7 Å². The van der Waals surface area contributed by atoms with E-state index in [-0.39, 0.29) is 23.5 Å². The maximum Gasteiger partial charge on any atom is 0.335 e. The van der Waals surface area contributed by atoms with Crippen LogP contribution in [0.2, 0.25) is 0 Å². The zero-order valence-electron chi connectivity index (χ0n) is 19.8. The molecule has 0 heterocycles. The lowest BCUT2D eigenvalue weighted by atomic mass is 10.0. The molecule has 0 spiro atoms. The highest BCUT2D eigenvalue weighted by Crippen LogP contribution is 2.19. The van der Waals surface area contributed by atoms with E-state index >= 15 is 0 Å². The van der Waals surface area contributed by atoms with Gasteiger partial charge in [-0.25, -0.2) is 9.59 Å². The van der Waals surface area contributed by atoms with Crippen molar-refractivity contribution in [2.75, 3.05) is 6.61 Å². The van der Waals surface area contributed by atoms with Crippen LogP contribution in [0.25, 0.3) is 0 Å². The van der Waals surface area contributed by atoms with E-state index in [4.69, 9.17) is 14.9 Å². The zero-order chi connectivity index (χ0) is 22.7. The summed E-state index contributed by atoms with van der Waals surface area (Å²) in [6, 6.07) is 3.90. The lowest BCUT2D eigenvalue weighted by molar-refractivity contribution is 0.0696. The van der Waals surface area contributed by atoms with Gasteiger partial charge in [-0.15, -0.1) is 12.4 Å². The normalized spacial score (nSPS) is 10.5. The summed E-state index contributed by atoms with van der Waals surface area (Å²) in [5, 5.41) is 18.2. The first-order valence-electron chi connectivity index (χ1n) is 12.3. The number of hydrogen-bond acceptors (Lipinski definition) is 3. The Labute approximate surface area is 200 Å². The standard InChI is InChI=1S/C26H42O5.ClH/c1-2-3-4-5-6-7-8-9-10-11-12-13-14-15-16-17-18-31-24-20-22(25(27)28)19-23(21-24)26(29)30;/h19-21H,2-18H2,1H3,(H,27,28)(H,29,30);1H. The van der Waals surface area contributed by atoms with E-state index in [1.807, 2.05) is 0 Å². The minimum Gasteiger partial charge on any atom is -0.494 e. The summed E-state index contributed by atoms with van der Waals surface area (Å²) in [7, 11) is 0. The van der Waals surface area contributed by atoms with E-state index in [0.29, 0.717) is 12.4 Å². The van der Waals surface area contributed by atoms with Crippen LogP contribution in [0, 0.1) is 0 Å². The molecule has 0 atom stereocenters. The van der Waals surface area contributed by atoms with Crippen LogP contribution in [-0.2, 0) is 0 Å². The van der Waals surface area contributed by atoms with Crippen molar-refractivity contribution in [1.29, 1.82) is 0 Å². The van der Waals surface area contributed by atoms with Crippen LogP contribution in [0.5, 0.6) is 5.75 Å². The van der Waals surface area contributed by atoms with Gasteiger partial charge in [0.2, 0.25) is 0 Å². The molecule has 0 fully saturated rings. The van der Waals surface area contributed by atoms with Gasteiger partial charge in [0.1, 0.15) is 5.75 Å². The summed E-state index contributed by atoms with van der Waals surface area (Å²) in [4.78, 5) is 22.2. The van der Waals surface area contributed by atoms with E-state index in [1.54, 1.807) is 0 Å². The number of unbranched alkanes of at least 4 members (excludes halogenated alkanes) is 15. The summed E-state index contributed by atoms with van der Waals surface area (Å²) in [6.07, 6.45) is 20.9. The van der Waals surface area contributed by atoms with E-state index in [2.05, 4.69) is 6.92 Å². The molecule has 0 unspecified atom stereocenters. The molecule has 0 saturated carbocycles. The molecule has 1 rings (SSSR count). The van der Waals surface area contributed by atoms with Gasteiger partial charge < -0.3 is 14.9 Å². The SMILES string of the molecule is CCCCCCCCCCCCCCCCCCOc1cc(C(=O)O)cc(C(=O)O)c1.Cl. The molecule has 0 aliphatic carbocycles. The summed E-state index contributed by atoms with van der Waals surface area (Å²) in [5.74, 6) is -2.01. The van der Waals surface area contributed by atoms with Gasteiger partial charge in [-0.2, -0.15) is 0 Å². The summed E-state index contributed by atoms with van der Waals surface area (Å²) >= 11 is 0. The number of carboxylic acid groups (broad SMARTS) is 2. The zero-order valence-corrected chi connectivity index (χ0v) is 20.6. The predicted octanol–water partition coefficient (Wildman–Crippen LogP) is 8.15. The topological polar surface area (TPSA) is 83.8 Å². The number of carbonyl (C=O) groups is 2. The van der Waals surface area contributed by atoms with Crippen LogP contribution in [0.15, 0.2) is 18.2 Å². The van der Waals surface area contributed by atoms with E-state index in [0.717, 1.165) is 18.9 Å². The number of rotatable bonds is 20. The average Bonchev–Trinajstić information content (AvgIpc) is 2.75. The molecule has 0 saturated heterocycles. The quantitative estimate of drug-likeness (QED) is 0.188. The van der Waals surface area contributed by atoms with Crippen molar-refractivity contribution < 1.29 is 24.5 Å². The van der Waals surface area contributed by atoms with Crippen LogP contribution >= 0.6 is 12.4 Å². The van der Waals surface area contributed by atoms with Crippen molar-refractivity contribution in [2.24, 2.45) is 0 Å². The van der Waals surface area contributed by atoms with Crippen LogP contribution in [0.3, 0.4) is 0 Å². The number of benzene rings is 1. The molecule has 0 radical (unpaired) electrons. The maximum absolute atomic E-state index is 11.1. The van der Waals surface area contributed by atoms with Gasteiger partial charge in [-0.1, -0.05) is 103 Å². The molecule has 0 bridgehead atoms. The van der Waals surface area contributed by atoms with Crippen LogP contribution in [0.4, 0.5) is 0 Å². The molecule has 0 aliphatic heterocycles. The third kappa shape index (κ3) is 15.1. The predicted molar refractivity (Wildman–Crippen MR) is 133 cm³/mol. The Bertz CT molecular complexity index is 600. The maximum atomic E-state index is 11.1. The highest BCUT2D eigenvalue weighted by molar-refractivity contribution is 5.94. The van der Waals surface area contributed by atoms with Gasteiger partial charge in [-0.05, 0) is 24.6 Å². The van der Waals surface area contributed by atoms with Gasteiger partial charge in [0, 0.05) is 0 Å². The highest BCUT2D eigenvalue weighted by atomic mass is 35.5. The van der Waals surface area contributed by atoms with E-state index in [1.165, 1.54) is 102 Å². The van der Waals surface area contributed by atoms with Crippen molar-refractivity contribution in [3.05, 3.63) is 29.3 Å². The average molecular weight is 471 g/mol. The number of ether oxygens (including phenoxy) is 1. The molecular formula is C26H43ClO5. The van der Waals surface area contributed by atoms with E-state index in [9.17, 15) is 9.59 Å². The Morgan fingerprint density at radius 3 is 1.31 bits per heavy atom. The van der Waals surface area contributed by atoms with Gasteiger partial charge >= 0.3 is 11.9 Å². The summed E-state index contributed by atoms with van der Waals surface area (Å²) < 4.78 is 5.58. The van der Waals surface area contributed by atoms with Crippen molar-refractivity contribution in [2.45, 2.75) is 110 Å². The minimum atomic E-state index is -1.16. The minimum absolute atomic E-state index is 0. The van der Waals surface area contributed by atoms with Gasteiger partial charge in [0.15, 0.2) is 0 Å². The number of hydrogen-bond donors (Lipinski definition) is 2. The second-order valence-electron chi connectivity index (χ2n) is 8.51. The Balaban J connectivity index is 0.00000961. The van der Waals surface area contributed by atoms with Crippen molar-refractivity contribution >= 4 is 24.3 Å². The molecule has 6 heteroatoms. The first-order valence-corrected chi connectivity index (χ1v) is 12.3. The van der Waals surface area contributed by atoms with Crippen LogP contribution < -0.4 is 4.74 Å². The molecule has 0 aromatic heterocycles. The molecular weight excluding hydrogens is 428 g/mol. The second-order valence-corrected chi connectivity index (χ2v) is 8.51. The summed E-state index contributed by atoms with van der Waals surface area (Å²) in [6.45, 7) is 2.74. The molecule has 184 valence electrons. The van der Waals surface area contributed by atoms with Gasteiger partial charge in [-0.3, -0.25) is 0 Å². The Morgan fingerprint density at radius 2 is 0.969 bits per heavy atom. The Kier molecular flexibility index (Phi) is 18.8. The largest absolute Gasteiger partial charge is 0.494 e. The third-order valence-corrected chi connectivity index (χ3v) is 5.67. The first-order chi connectivity index (χ1) is 15.0. The highest BCUT2D eigenvalue weighted by Gasteiger charge is 2.12. The Morgan fingerprint density at radius 1 is 0.625 bits per heavy atom. The lowest BCUT2D eigenvalue weighted by Crippen LogP contribution is -2.05. The fourth-order valence-electron chi connectivity index (χ4n) is 3.77. The molecule has 1 aromatic carbocycles. The fourth-order valence-corrected chi connectivity index (χ4v) is 3.77. The molecule has 2 N–H and O–H groups in total. The number of halogens is 1. The van der Waals surface area contributed by atoms with Crippen LogP contribution in [0.1, 0.15) is 130 Å².